The molecule has 2 heterocycles. The van der Waals surface area contributed by atoms with Crippen LogP contribution in [0.3, 0.4) is 0 Å². The van der Waals surface area contributed by atoms with Crippen molar-refractivity contribution in [1.82, 2.24) is 10.1 Å². The number of aryl methyl sites for hydroxylation is 1. The van der Waals surface area contributed by atoms with Gasteiger partial charge in [-0.1, -0.05) is 59.8 Å². The number of pyridine rings is 1. The molecule has 0 bridgehead atoms. The highest BCUT2D eigenvalue weighted by molar-refractivity contribution is 5.91. The topological polar surface area (TPSA) is 97.5 Å². The van der Waals surface area contributed by atoms with Gasteiger partial charge < -0.3 is 19.7 Å². The van der Waals surface area contributed by atoms with Gasteiger partial charge in [-0.3, -0.25) is 9.78 Å². The lowest BCUT2D eigenvalue weighted by atomic mass is 9.89. The van der Waals surface area contributed by atoms with E-state index in [0.717, 1.165) is 44.8 Å². The third-order valence-electron chi connectivity index (χ3n) is 7.34. The van der Waals surface area contributed by atoms with Crippen molar-refractivity contribution in [2.24, 2.45) is 0 Å². The van der Waals surface area contributed by atoms with Crippen LogP contribution in [-0.2, 0) is 10.2 Å². The van der Waals surface area contributed by atoms with Crippen LogP contribution in [0.4, 0.5) is 11.4 Å². The predicted octanol–water partition coefficient (Wildman–Crippen LogP) is 7.25. The fraction of sp³-hybridized carbons (Fsp3) is 0.156. The molecule has 0 atom stereocenters. The summed E-state index contributed by atoms with van der Waals surface area (Å²) in [6.07, 6.45) is 4.72. The Morgan fingerprint density at radius 2 is 1.72 bits per heavy atom. The van der Waals surface area contributed by atoms with E-state index >= 15 is 0 Å². The number of anilines is 2. The predicted molar refractivity (Wildman–Crippen MR) is 150 cm³/mol. The molecule has 194 valence electrons. The number of nitrogens with zero attached hydrogens (tertiary/aromatic N) is 2. The molecule has 1 aliphatic rings. The number of aliphatic carboxylic acids is 1. The van der Waals surface area contributed by atoms with Gasteiger partial charge in [0.1, 0.15) is 17.1 Å². The number of rotatable bonds is 8. The molecule has 5 aromatic rings. The minimum atomic E-state index is -0.842. The summed E-state index contributed by atoms with van der Waals surface area (Å²) in [6.45, 7) is 1.89. The van der Waals surface area contributed by atoms with Gasteiger partial charge in [0.15, 0.2) is 5.76 Å². The van der Waals surface area contributed by atoms with Gasteiger partial charge in [-0.25, -0.2) is 0 Å². The van der Waals surface area contributed by atoms with E-state index in [2.05, 4.69) is 15.5 Å². The van der Waals surface area contributed by atoms with Gasteiger partial charge in [-0.05, 0) is 66.3 Å². The Bertz CT molecular complexity index is 1670. The van der Waals surface area contributed by atoms with E-state index in [1.807, 2.05) is 85.8 Å². The van der Waals surface area contributed by atoms with Gasteiger partial charge >= 0.3 is 5.97 Å². The summed E-state index contributed by atoms with van der Waals surface area (Å²) in [5, 5.41) is 17.7. The standard InChI is InChI=1S/C32H27N3O4/c1-20-29(34-25-10-6-9-22(15-25)23-16-26(38-2)19-33-18-23)30(39-35-20)28-17-24(32(13-14-32)31(36)37)11-12-27(28)21-7-4-3-5-8-21/h3-12,15-19,34H,13-14H2,1-2H3,(H,36,37). The van der Waals surface area contributed by atoms with Crippen LogP contribution in [0.5, 0.6) is 5.75 Å². The lowest BCUT2D eigenvalue weighted by Gasteiger charge is -2.16. The van der Waals surface area contributed by atoms with Crippen LogP contribution in [0.25, 0.3) is 33.6 Å². The average Bonchev–Trinajstić information content (AvgIpc) is 3.72. The normalized spacial score (nSPS) is 13.6. The fourth-order valence-electron chi connectivity index (χ4n) is 4.96. The number of benzene rings is 3. The quantitative estimate of drug-likeness (QED) is 0.224. The number of carboxylic acid groups (broad SMARTS) is 1. The smallest absolute Gasteiger partial charge is 0.314 e. The third-order valence-corrected chi connectivity index (χ3v) is 7.34. The Morgan fingerprint density at radius 3 is 2.46 bits per heavy atom. The van der Waals surface area contributed by atoms with Crippen molar-refractivity contribution >= 4 is 17.3 Å². The van der Waals surface area contributed by atoms with E-state index in [4.69, 9.17) is 9.26 Å². The number of carbonyl (C=O) groups is 1. The molecule has 2 aromatic heterocycles. The number of methoxy groups -OCH3 is 1. The second-order valence-electron chi connectivity index (χ2n) is 9.81. The number of hydrogen-bond acceptors (Lipinski definition) is 6. The second kappa shape index (κ2) is 9.76. The molecule has 0 amide bonds. The van der Waals surface area contributed by atoms with Crippen LogP contribution in [-0.4, -0.2) is 28.3 Å². The Balaban J connectivity index is 1.44. The molecule has 0 unspecified atom stereocenters. The molecule has 0 radical (unpaired) electrons. The summed E-state index contributed by atoms with van der Waals surface area (Å²) in [5.41, 5.74) is 6.86. The number of carboxylic acids is 1. The third kappa shape index (κ3) is 4.52. The number of ether oxygens (including phenoxy) is 1. The van der Waals surface area contributed by atoms with E-state index in [1.54, 1.807) is 19.5 Å². The van der Waals surface area contributed by atoms with Crippen LogP contribution in [0.2, 0.25) is 0 Å². The maximum Gasteiger partial charge on any atom is 0.314 e. The van der Waals surface area contributed by atoms with E-state index in [0.29, 0.717) is 30.0 Å². The Kier molecular flexibility index (Phi) is 6.11. The van der Waals surface area contributed by atoms with Crippen LogP contribution >= 0.6 is 0 Å². The molecule has 1 fully saturated rings. The molecule has 6 rings (SSSR count). The molecule has 1 saturated carbocycles. The van der Waals surface area contributed by atoms with Crippen molar-refractivity contribution in [3.8, 4) is 39.3 Å². The molecule has 0 aliphatic heterocycles. The molecule has 7 nitrogen and oxygen atoms in total. The van der Waals surface area contributed by atoms with Crippen molar-refractivity contribution in [2.45, 2.75) is 25.2 Å². The van der Waals surface area contributed by atoms with E-state index < -0.39 is 11.4 Å². The number of hydrogen-bond donors (Lipinski definition) is 2. The first-order chi connectivity index (χ1) is 19.0. The number of nitrogens with one attached hydrogen (secondary N) is 1. The molecule has 1 aliphatic carbocycles. The zero-order valence-corrected chi connectivity index (χ0v) is 21.6. The van der Waals surface area contributed by atoms with E-state index in [1.165, 1.54) is 0 Å². The van der Waals surface area contributed by atoms with Gasteiger partial charge in [0.05, 0.1) is 18.7 Å². The Morgan fingerprint density at radius 1 is 0.923 bits per heavy atom. The highest BCUT2D eigenvalue weighted by atomic mass is 16.5. The lowest BCUT2D eigenvalue weighted by Crippen LogP contribution is -2.19. The molecular weight excluding hydrogens is 490 g/mol. The van der Waals surface area contributed by atoms with Crippen LogP contribution in [0.15, 0.2) is 95.8 Å². The average molecular weight is 518 g/mol. The van der Waals surface area contributed by atoms with Gasteiger partial charge in [0.25, 0.3) is 0 Å². The summed E-state index contributed by atoms with van der Waals surface area (Å²) < 4.78 is 11.3. The monoisotopic (exact) mass is 517 g/mol. The largest absolute Gasteiger partial charge is 0.495 e. The van der Waals surface area contributed by atoms with Crippen molar-refractivity contribution in [3.63, 3.8) is 0 Å². The van der Waals surface area contributed by atoms with E-state index in [-0.39, 0.29) is 0 Å². The molecule has 39 heavy (non-hydrogen) atoms. The van der Waals surface area contributed by atoms with Gasteiger partial charge in [0, 0.05) is 23.0 Å². The van der Waals surface area contributed by atoms with Crippen LogP contribution in [0, 0.1) is 6.92 Å². The van der Waals surface area contributed by atoms with Crippen molar-refractivity contribution < 1.29 is 19.2 Å². The zero-order chi connectivity index (χ0) is 27.0. The Hall–Kier alpha value is -4.91. The zero-order valence-electron chi connectivity index (χ0n) is 21.6. The first-order valence-corrected chi connectivity index (χ1v) is 12.7. The summed E-state index contributed by atoms with van der Waals surface area (Å²) in [7, 11) is 1.62. The Labute approximate surface area is 226 Å². The highest BCUT2D eigenvalue weighted by Crippen LogP contribution is 2.50. The first kappa shape index (κ1) is 24.4. The summed E-state index contributed by atoms with van der Waals surface area (Å²) in [4.78, 5) is 16.4. The molecular formula is C32H27N3O4. The summed E-state index contributed by atoms with van der Waals surface area (Å²) in [5.74, 6) is 0.450. The fourth-order valence-corrected chi connectivity index (χ4v) is 4.96. The molecule has 0 spiro atoms. The lowest BCUT2D eigenvalue weighted by molar-refractivity contribution is -0.140. The summed E-state index contributed by atoms with van der Waals surface area (Å²) in [6, 6.07) is 25.8. The van der Waals surface area contributed by atoms with Crippen LogP contribution in [0.1, 0.15) is 24.1 Å². The van der Waals surface area contributed by atoms with Crippen LogP contribution < -0.4 is 10.1 Å². The minimum absolute atomic E-state index is 0.558. The maximum absolute atomic E-state index is 12.1. The van der Waals surface area contributed by atoms with Gasteiger partial charge in [0.2, 0.25) is 0 Å². The minimum Gasteiger partial charge on any atom is -0.495 e. The van der Waals surface area contributed by atoms with Crippen molar-refractivity contribution in [1.29, 1.82) is 0 Å². The van der Waals surface area contributed by atoms with Gasteiger partial charge in [-0.2, -0.15) is 0 Å². The highest BCUT2D eigenvalue weighted by Gasteiger charge is 2.52. The number of aromatic nitrogens is 2. The first-order valence-electron chi connectivity index (χ1n) is 12.7. The SMILES string of the molecule is COc1cncc(-c2cccc(Nc3c(C)noc3-c3cc(C4(C(=O)O)CC4)ccc3-c3ccccc3)c2)c1. The summed E-state index contributed by atoms with van der Waals surface area (Å²) >= 11 is 0. The molecule has 3 aromatic carbocycles. The molecule has 7 heteroatoms. The molecule has 0 saturated heterocycles. The second-order valence-corrected chi connectivity index (χ2v) is 9.81. The van der Waals surface area contributed by atoms with E-state index in [9.17, 15) is 9.90 Å². The maximum atomic E-state index is 12.1. The van der Waals surface area contributed by atoms with Crippen molar-refractivity contribution in [2.75, 3.05) is 12.4 Å². The van der Waals surface area contributed by atoms with Crippen molar-refractivity contribution in [3.05, 3.63) is 103 Å². The molecule has 2 N–H and O–H groups in total. The van der Waals surface area contributed by atoms with Gasteiger partial charge in [-0.15, -0.1) is 0 Å².